The number of likely N-dealkylation sites (tertiary alicyclic amines) is 1. The monoisotopic (exact) mass is 263 g/mol. The van der Waals surface area contributed by atoms with Gasteiger partial charge in [0.2, 0.25) is 0 Å². The molecular formula is C14H21N3O2. The Hall–Kier alpha value is -1.75. The molecule has 2 atom stereocenters. The summed E-state index contributed by atoms with van der Waals surface area (Å²) in [5.41, 5.74) is 6.74. The maximum absolute atomic E-state index is 12.1. The fraction of sp³-hybridized carbons (Fsp3) is 0.500. The lowest BCUT2D eigenvalue weighted by molar-refractivity contribution is 0.174. The normalized spacial score (nSPS) is 23.0. The number of amides is 2. The summed E-state index contributed by atoms with van der Waals surface area (Å²) in [4.78, 5) is 13.9. The SMILES string of the molecule is COc1cccc(NC(=O)N2CCC(C)C(N)C2)c1. The molecule has 1 aliphatic heterocycles. The van der Waals surface area contributed by atoms with E-state index < -0.39 is 0 Å². The van der Waals surface area contributed by atoms with Crippen LogP contribution in [0.3, 0.4) is 0 Å². The number of carbonyl (C=O) groups is 1. The molecule has 3 N–H and O–H groups in total. The highest BCUT2D eigenvalue weighted by Crippen LogP contribution is 2.19. The van der Waals surface area contributed by atoms with E-state index in [2.05, 4.69) is 12.2 Å². The van der Waals surface area contributed by atoms with E-state index in [1.54, 1.807) is 18.1 Å². The van der Waals surface area contributed by atoms with E-state index in [0.717, 1.165) is 24.4 Å². The van der Waals surface area contributed by atoms with Crippen LogP contribution in [0.5, 0.6) is 5.75 Å². The number of hydrogen-bond acceptors (Lipinski definition) is 3. The lowest BCUT2D eigenvalue weighted by Gasteiger charge is -2.35. The van der Waals surface area contributed by atoms with Crippen LogP contribution in [0.1, 0.15) is 13.3 Å². The summed E-state index contributed by atoms with van der Waals surface area (Å²) in [5, 5.41) is 2.87. The quantitative estimate of drug-likeness (QED) is 0.856. The highest BCUT2D eigenvalue weighted by atomic mass is 16.5. The molecule has 0 radical (unpaired) electrons. The summed E-state index contributed by atoms with van der Waals surface area (Å²) in [7, 11) is 1.60. The van der Waals surface area contributed by atoms with Gasteiger partial charge in [0.05, 0.1) is 7.11 Å². The molecule has 19 heavy (non-hydrogen) atoms. The fourth-order valence-corrected chi connectivity index (χ4v) is 2.19. The smallest absolute Gasteiger partial charge is 0.321 e. The number of ether oxygens (including phenoxy) is 1. The van der Waals surface area contributed by atoms with E-state index in [1.165, 1.54) is 0 Å². The van der Waals surface area contributed by atoms with E-state index in [1.807, 2.05) is 18.2 Å². The zero-order valence-corrected chi connectivity index (χ0v) is 11.4. The summed E-state index contributed by atoms with van der Waals surface area (Å²) in [6.07, 6.45) is 0.951. The molecule has 1 saturated heterocycles. The molecule has 0 bridgehead atoms. The third-order valence-electron chi connectivity index (χ3n) is 3.62. The zero-order chi connectivity index (χ0) is 13.8. The number of benzene rings is 1. The van der Waals surface area contributed by atoms with E-state index in [4.69, 9.17) is 10.5 Å². The maximum atomic E-state index is 12.1. The van der Waals surface area contributed by atoms with Crippen molar-refractivity contribution in [2.45, 2.75) is 19.4 Å². The average molecular weight is 263 g/mol. The second-order valence-corrected chi connectivity index (χ2v) is 5.04. The Morgan fingerprint density at radius 3 is 3.00 bits per heavy atom. The molecule has 2 unspecified atom stereocenters. The van der Waals surface area contributed by atoms with Crippen LogP contribution >= 0.6 is 0 Å². The van der Waals surface area contributed by atoms with Crippen molar-refractivity contribution in [3.05, 3.63) is 24.3 Å². The van der Waals surface area contributed by atoms with Crippen molar-refractivity contribution in [1.29, 1.82) is 0 Å². The number of urea groups is 1. The number of nitrogens with one attached hydrogen (secondary N) is 1. The Morgan fingerprint density at radius 2 is 2.32 bits per heavy atom. The van der Waals surface area contributed by atoms with Gasteiger partial charge in [0.1, 0.15) is 5.75 Å². The predicted octanol–water partition coefficient (Wildman–Crippen LogP) is 1.90. The number of rotatable bonds is 2. The minimum atomic E-state index is -0.101. The lowest BCUT2D eigenvalue weighted by Crippen LogP contribution is -2.50. The van der Waals surface area contributed by atoms with Gasteiger partial charge in [-0.2, -0.15) is 0 Å². The summed E-state index contributed by atoms with van der Waals surface area (Å²) in [6, 6.07) is 7.28. The van der Waals surface area contributed by atoms with Crippen molar-refractivity contribution >= 4 is 11.7 Å². The minimum Gasteiger partial charge on any atom is -0.497 e. The van der Waals surface area contributed by atoms with Crippen LogP contribution in [0.25, 0.3) is 0 Å². The molecule has 2 amide bonds. The first kappa shape index (κ1) is 13.7. The van der Waals surface area contributed by atoms with Gasteiger partial charge in [-0.15, -0.1) is 0 Å². The molecule has 1 fully saturated rings. The van der Waals surface area contributed by atoms with Crippen molar-refractivity contribution in [3.8, 4) is 5.75 Å². The number of nitrogens with zero attached hydrogens (tertiary/aromatic N) is 1. The second-order valence-electron chi connectivity index (χ2n) is 5.04. The third-order valence-corrected chi connectivity index (χ3v) is 3.62. The topological polar surface area (TPSA) is 67.6 Å². The van der Waals surface area contributed by atoms with Gasteiger partial charge in [0, 0.05) is 30.9 Å². The molecule has 1 aliphatic rings. The third kappa shape index (κ3) is 3.38. The summed E-state index contributed by atoms with van der Waals surface area (Å²) >= 11 is 0. The molecule has 5 heteroatoms. The molecule has 1 heterocycles. The summed E-state index contributed by atoms with van der Waals surface area (Å²) in [6.45, 7) is 3.49. The number of nitrogens with two attached hydrogens (primary N) is 1. The average Bonchev–Trinajstić information content (AvgIpc) is 2.42. The highest BCUT2D eigenvalue weighted by Gasteiger charge is 2.26. The zero-order valence-electron chi connectivity index (χ0n) is 11.4. The van der Waals surface area contributed by atoms with Crippen LogP contribution in [0, 0.1) is 5.92 Å². The molecule has 0 aromatic heterocycles. The lowest BCUT2D eigenvalue weighted by atomic mass is 9.94. The number of piperidine rings is 1. The van der Waals surface area contributed by atoms with Crippen molar-refractivity contribution in [2.75, 3.05) is 25.5 Å². The van der Waals surface area contributed by atoms with Gasteiger partial charge in [-0.05, 0) is 24.5 Å². The van der Waals surface area contributed by atoms with Crippen LogP contribution in [0.2, 0.25) is 0 Å². The predicted molar refractivity (Wildman–Crippen MR) is 75.3 cm³/mol. The number of hydrogen-bond donors (Lipinski definition) is 2. The van der Waals surface area contributed by atoms with Gasteiger partial charge in [-0.3, -0.25) is 0 Å². The summed E-state index contributed by atoms with van der Waals surface area (Å²) in [5.74, 6) is 1.20. The molecular weight excluding hydrogens is 242 g/mol. The number of anilines is 1. The van der Waals surface area contributed by atoms with Crippen molar-refractivity contribution in [1.82, 2.24) is 4.90 Å². The van der Waals surface area contributed by atoms with Crippen LogP contribution in [0.4, 0.5) is 10.5 Å². The van der Waals surface area contributed by atoms with Gasteiger partial charge in [0.25, 0.3) is 0 Å². The summed E-state index contributed by atoms with van der Waals surface area (Å²) < 4.78 is 5.13. The van der Waals surface area contributed by atoms with E-state index in [-0.39, 0.29) is 12.1 Å². The van der Waals surface area contributed by atoms with Crippen LogP contribution in [-0.2, 0) is 0 Å². The van der Waals surface area contributed by atoms with Gasteiger partial charge in [-0.1, -0.05) is 13.0 Å². The molecule has 2 rings (SSSR count). The van der Waals surface area contributed by atoms with Gasteiger partial charge in [0.15, 0.2) is 0 Å². The first-order valence-electron chi connectivity index (χ1n) is 6.55. The van der Waals surface area contributed by atoms with Crippen LogP contribution < -0.4 is 15.8 Å². The molecule has 5 nitrogen and oxygen atoms in total. The minimum absolute atomic E-state index is 0.0600. The molecule has 1 aromatic carbocycles. The van der Waals surface area contributed by atoms with Crippen molar-refractivity contribution in [2.24, 2.45) is 11.7 Å². The van der Waals surface area contributed by atoms with Gasteiger partial charge in [-0.25, -0.2) is 4.79 Å². The van der Waals surface area contributed by atoms with E-state index in [0.29, 0.717) is 12.5 Å². The number of carbonyl (C=O) groups excluding carboxylic acids is 1. The first-order valence-corrected chi connectivity index (χ1v) is 6.55. The van der Waals surface area contributed by atoms with Gasteiger partial charge < -0.3 is 20.7 Å². The van der Waals surface area contributed by atoms with Crippen LogP contribution in [0.15, 0.2) is 24.3 Å². The highest BCUT2D eigenvalue weighted by molar-refractivity contribution is 5.89. The van der Waals surface area contributed by atoms with Crippen molar-refractivity contribution < 1.29 is 9.53 Å². The number of methoxy groups -OCH3 is 1. The van der Waals surface area contributed by atoms with Gasteiger partial charge >= 0.3 is 6.03 Å². The van der Waals surface area contributed by atoms with E-state index >= 15 is 0 Å². The Kier molecular flexibility index (Phi) is 4.27. The van der Waals surface area contributed by atoms with E-state index in [9.17, 15) is 4.79 Å². The maximum Gasteiger partial charge on any atom is 0.321 e. The Balaban J connectivity index is 1.97. The molecule has 1 aromatic rings. The van der Waals surface area contributed by atoms with Crippen LogP contribution in [-0.4, -0.2) is 37.2 Å². The second kappa shape index (κ2) is 5.93. The fourth-order valence-electron chi connectivity index (χ4n) is 2.19. The molecule has 0 aliphatic carbocycles. The largest absolute Gasteiger partial charge is 0.497 e. The first-order chi connectivity index (χ1) is 9.10. The molecule has 0 spiro atoms. The Labute approximate surface area is 113 Å². The van der Waals surface area contributed by atoms with Crippen molar-refractivity contribution in [3.63, 3.8) is 0 Å². The standard InChI is InChI=1S/C14H21N3O2/c1-10-6-7-17(9-13(10)15)14(18)16-11-4-3-5-12(8-11)19-2/h3-5,8,10,13H,6-7,9,15H2,1-2H3,(H,16,18). The molecule has 104 valence electrons. The Bertz CT molecular complexity index is 450. The Morgan fingerprint density at radius 1 is 1.53 bits per heavy atom. The molecule has 0 saturated carbocycles.